The van der Waals surface area contributed by atoms with E-state index in [-0.39, 0.29) is 51.3 Å². The standard InChI is InChI=1S/C35H37N7O17S2/c1-15(43)58-16(2)59-34(50)26-18(14-61-31-25(30(46)42(26)31)38-28(45)23(41-53-4)20-8-6-10-55-20)12-56-33(49)21-17(11-57-35(36)51)13-60-29(39-21)24(32(47)48)37-27(44)22(40-52-3)19-7-5-9-54-19/h5-10,16,24-25,29,31,39H,11-14H2,1-4H3,(H2,36,51)(H,37,44)(H,38,45)(H,47,48)/b40-22-,41-23-/t16?,24-,25+,29+,31+/m0/s1. The number of carboxylic acid groups (broad SMARTS) is 1. The first-order chi connectivity index (χ1) is 29.1. The number of amides is 4. The predicted molar refractivity (Wildman–Crippen MR) is 206 cm³/mol. The Morgan fingerprint density at radius 2 is 1.52 bits per heavy atom. The van der Waals surface area contributed by atoms with E-state index < -0.39 is 95.7 Å². The summed E-state index contributed by atoms with van der Waals surface area (Å²) in [6.07, 6.45) is -0.0467. The Kier molecular flexibility index (Phi) is 15.0. The molecule has 5 atom stereocenters. The summed E-state index contributed by atoms with van der Waals surface area (Å²) in [5, 5.41) is 22.9. The van der Waals surface area contributed by atoms with Gasteiger partial charge in [0.1, 0.15) is 55.6 Å². The van der Waals surface area contributed by atoms with E-state index in [1.54, 1.807) is 0 Å². The number of aliphatic carboxylic acids is 1. The lowest BCUT2D eigenvalue weighted by molar-refractivity contribution is -0.182. The minimum Gasteiger partial charge on any atom is -0.480 e. The van der Waals surface area contributed by atoms with Crippen molar-refractivity contribution < 1.29 is 80.9 Å². The van der Waals surface area contributed by atoms with Crippen LogP contribution in [0.4, 0.5) is 4.79 Å². The van der Waals surface area contributed by atoms with E-state index in [2.05, 4.69) is 26.3 Å². The van der Waals surface area contributed by atoms with Crippen LogP contribution in [0.25, 0.3) is 0 Å². The molecule has 0 bridgehead atoms. The van der Waals surface area contributed by atoms with Crippen molar-refractivity contribution in [2.75, 3.05) is 38.9 Å². The number of primary amides is 1. The molecule has 0 aromatic carbocycles. The number of β-lactam (4-membered cyclic amide) rings is 1. The second kappa shape index (κ2) is 20.3. The number of carbonyl (C=O) groups is 8. The number of hydrogen-bond donors (Lipinski definition) is 5. The van der Waals surface area contributed by atoms with Crippen molar-refractivity contribution in [3.05, 3.63) is 70.9 Å². The molecule has 3 aliphatic rings. The van der Waals surface area contributed by atoms with Crippen LogP contribution in [0.15, 0.2) is 78.5 Å². The van der Waals surface area contributed by atoms with Gasteiger partial charge in [-0.1, -0.05) is 10.3 Å². The number of nitrogens with one attached hydrogen (secondary N) is 3. The summed E-state index contributed by atoms with van der Waals surface area (Å²) in [4.78, 5) is 114. The molecule has 326 valence electrons. The number of nitrogens with two attached hydrogens (primary N) is 1. The summed E-state index contributed by atoms with van der Waals surface area (Å²) < 4.78 is 31.2. The first-order valence-corrected chi connectivity index (χ1v) is 19.6. The van der Waals surface area contributed by atoms with Crippen molar-refractivity contribution in [2.45, 2.75) is 43.0 Å². The average Bonchev–Trinajstić information content (AvgIpc) is 3.96. The zero-order valence-corrected chi connectivity index (χ0v) is 34.0. The van der Waals surface area contributed by atoms with Crippen molar-refractivity contribution >= 4 is 82.6 Å². The minimum atomic E-state index is -1.73. The molecule has 5 rings (SSSR count). The molecule has 1 unspecified atom stereocenters. The maximum Gasteiger partial charge on any atom is 0.404 e. The molecule has 2 aromatic rings. The van der Waals surface area contributed by atoms with E-state index >= 15 is 0 Å². The van der Waals surface area contributed by atoms with E-state index in [1.165, 1.54) is 50.8 Å². The number of hydrogen-bond acceptors (Lipinski definition) is 21. The zero-order chi connectivity index (χ0) is 44.4. The van der Waals surface area contributed by atoms with Gasteiger partial charge in [-0.25, -0.2) is 19.2 Å². The second-order valence-electron chi connectivity index (χ2n) is 12.4. The third-order valence-corrected chi connectivity index (χ3v) is 10.9. The van der Waals surface area contributed by atoms with Crippen LogP contribution < -0.4 is 21.7 Å². The monoisotopic (exact) mass is 891 g/mol. The molecule has 5 heterocycles. The average molecular weight is 892 g/mol. The van der Waals surface area contributed by atoms with E-state index in [0.717, 1.165) is 42.5 Å². The lowest BCUT2D eigenvalue weighted by Crippen LogP contribution is -2.71. The minimum absolute atomic E-state index is 0.0377. The Labute approximate surface area is 352 Å². The Balaban J connectivity index is 1.38. The topological polar surface area (TPSA) is 329 Å². The fourth-order valence-corrected chi connectivity index (χ4v) is 8.28. The maximum atomic E-state index is 13.8. The van der Waals surface area contributed by atoms with Crippen molar-refractivity contribution in [2.24, 2.45) is 16.0 Å². The third-order valence-electron chi connectivity index (χ3n) is 8.34. The molecule has 4 amide bonds. The lowest BCUT2D eigenvalue weighted by Gasteiger charge is -2.49. The van der Waals surface area contributed by atoms with E-state index in [1.807, 2.05) is 0 Å². The fraction of sp³-hybridized carbons (Fsp3) is 0.371. The summed E-state index contributed by atoms with van der Waals surface area (Å²) in [6.45, 7) is 1.14. The van der Waals surface area contributed by atoms with Crippen LogP contribution in [0.2, 0.25) is 0 Å². The molecular weight excluding hydrogens is 855 g/mol. The van der Waals surface area contributed by atoms with Gasteiger partial charge in [0.05, 0.1) is 12.5 Å². The van der Waals surface area contributed by atoms with E-state index in [9.17, 15) is 43.5 Å². The number of oxime groups is 2. The van der Waals surface area contributed by atoms with Crippen molar-refractivity contribution in [3.8, 4) is 0 Å². The molecule has 61 heavy (non-hydrogen) atoms. The van der Waals surface area contributed by atoms with Crippen molar-refractivity contribution in [1.82, 2.24) is 20.9 Å². The number of carbonyl (C=O) groups excluding carboxylic acids is 7. The van der Waals surface area contributed by atoms with Crippen LogP contribution in [-0.4, -0.2) is 137 Å². The number of fused-ring (bicyclic) bond motifs is 1. The van der Waals surface area contributed by atoms with Gasteiger partial charge in [0.15, 0.2) is 17.6 Å². The number of rotatable bonds is 18. The van der Waals surface area contributed by atoms with Gasteiger partial charge in [-0.2, -0.15) is 0 Å². The van der Waals surface area contributed by atoms with E-state index in [0.29, 0.717) is 0 Å². The van der Waals surface area contributed by atoms with Gasteiger partial charge < -0.3 is 64.2 Å². The summed E-state index contributed by atoms with van der Waals surface area (Å²) >= 11 is 2.00. The van der Waals surface area contributed by atoms with E-state index in [4.69, 9.17) is 43.2 Å². The highest BCUT2D eigenvalue weighted by molar-refractivity contribution is 8.00. The molecular formula is C35H37N7O17S2. The molecule has 26 heteroatoms. The Bertz CT molecular complexity index is 2170. The molecule has 3 aliphatic heterocycles. The Hall–Kier alpha value is -6.96. The van der Waals surface area contributed by atoms with Crippen LogP contribution in [-0.2, 0) is 62.2 Å². The van der Waals surface area contributed by atoms with Gasteiger partial charge in [0, 0.05) is 36.5 Å². The highest BCUT2D eigenvalue weighted by Crippen LogP contribution is 2.41. The third kappa shape index (κ3) is 10.8. The quantitative estimate of drug-likeness (QED) is 0.0315. The van der Waals surface area contributed by atoms with Crippen LogP contribution in [0.1, 0.15) is 25.4 Å². The van der Waals surface area contributed by atoms with Gasteiger partial charge in [-0.05, 0) is 24.3 Å². The number of thioether (sulfide) groups is 2. The first-order valence-electron chi connectivity index (χ1n) is 17.5. The highest BCUT2D eigenvalue weighted by atomic mass is 32.2. The largest absolute Gasteiger partial charge is 0.480 e. The van der Waals surface area contributed by atoms with Crippen LogP contribution in [0.3, 0.4) is 0 Å². The Morgan fingerprint density at radius 1 is 0.918 bits per heavy atom. The van der Waals surface area contributed by atoms with Gasteiger partial charge in [0.25, 0.3) is 17.7 Å². The number of nitrogens with zero attached hydrogens (tertiary/aromatic N) is 3. The smallest absolute Gasteiger partial charge is 0.404 e. The van der Waals surface area contributed by atoms with Gasteiger partial charge in [-0.3, -0.25) is 24.1 Å². The number of ether oxygens (including phenoxy) is 4. The number of esters is 3. The molecule has 1 saturated heterocycles. The second-order valence-corrected chi connectivity index (χ2v) is 14.7. The molecule has 2 aromatic heterocycles. The van der Waals surface area contributed by atoms with Crippen molar-refractivity contribution in [3.63, 3.8) is 0 Å². The molecule has 0 spiro atoms. The number of furan rings is 2. The Morgan fingerprint density at radius 3 is 2.08 bits per heavy atom. The summed E-state index contributed by atoms with van der Waals surface area (Å²) in [5.74, 6) is -7.40. The predicted octanol–water partition coefficient (Wildman–Crippen LogP) is -0.495. The van der Waals surface area contributed by atoms with Crippen molar-refractivity contribution in [1.29, 1.82) is 0 Å². The van der Waals surface area contributed by atoms with Gasteiger partial charge in [0.2, 0.25) is 17.7 Å². The zero-order valence-electron chi connectivity index (χ0n) is 32.4. The summed E-state index contributed by atoms with van der Waals surface area (Å²) in [6, 6.07) is 2.89. The highest BCUT2D eigenvalue weighted by Gasteiger charge is 2.55. The van der Waals surface area contributed by atoms with Crippen LogP contribution in [0.5, 0.6) is 0 Å². The summed E-state index contributed by atoms with van der Waals surface area (Å²) in [7, 11) is 2.37. The molecule has 24 nitrogen and oxygen atoms in total. The number of carboxylic acids is 1. The SMILES string of the molecule is CO/N=C(\C(=O)N[C@H](C(=O)O)[C@@H]1NC(C(=O)OCC2=C(C(=O)OC(C)OC(C)=O)N3C(=O)[C@@H](NC(=O)/C(=N\OC)c4ccco4)[C@H]3SC2)=C(COC(N)=O)CS1)c1ccco1. The molecule has 1 fully saturated rings. The first kappa shape index (κ1) is 45.1. The summed E-state index contributed by atoms with van der Waals surface area (Å²) in [5.41, 5.74) is 3.87. The molecule has 0 radical (unpaired) electrons. The maximum absolute atomic E-state index is 13.8. The van der Waals surface area contributed by atoms with Crippen LogP contribution >= 0.6 is 23.5 Å². The molecule has 0 saturated carbocycles. The van der Waals surface area contributed by atoms with Gasteiger partial charge >= 0.3 is 30.0 Å². The normalized spacial score (nSPS) is 19.8. The fourth-order valence-electron chi connectivity index (χ4n) is 5.77. The molecule has 6 N–H and O–H groups in total. The lowest BCUT2D eigenvalue weighted by atomic mass is 10.0. The molecule has 0 aliphatic carbocycles. The van der Waals surface area contributed by atoms with Crippen LogP contribution in [0, 0.1) is 0 Å². The van der Waals surface area contributed by atoms with Gasteiger partial charge in [-0.15, -0.1) is 23.5 Å².